The van der Waals surface area contributed by atoms with Crippen LogP contribution in [0.2, 0.25) is 0 Å². The number of pyridine rings is 1. The third-order valence-electron chi connectivity index (χ3n) is 1.48. The van der Waals surface area contributed by atoms with Gasteiger partial charge in [0.2, 0.25) is 5.88 Å². The Morgan fingerprint density at radius 3 is 2.71 bits per heavy atom. The van der Waals surface area contributed by atoms with Crippen LogP contribution >= 0.6 is 15.9 Å². The van der Waals surface area contributed by atoms with E-state index in [0.29, 0.717) is 0 Å². The van der Waals surface area contributed by atoms with E-state index >= 15 is 0 Å². The van der Waals surface area contributed by atoms with E-state index in [4.69, 9.17) is 10.00 Å². The Labute approximate surface area is 87.5 Å². The molecule has 1 heterocycles. The molecule has 0 aliphatic carbocycles. The van der Waals surface area contributed by atoms with Crippen molar-refractivity contribution in [3.63, 3.8) is 0 Å². The highest BCUT2D eigenvalue weighted by molar-refractivity contribution is 9.10. The molecule has 1 rings (SSSR count). The van der Waals surface area contributed by atoms with Gasteiger partial charge in [0.15, 0.2) is 0 Å². The molecule has 14 heavy (non-hydrogen) atoms. The van der Waals surface area contributed by atoms with Crippen molar-refractivity contribution in [1.29, 1.82) is 5.26 Å². The number of methoxy groups -OCH3 is 1. The van der Waals surface area contributed by atoms with Gasteiger partial charge in [-0.3, -0.25) is 0 Å². The van der Waals surface area contributed by atoms with Gasteiger partial charge in [0, 0.05) is 0 Å². The van der Waals surface area contributed by atoms with Gasteiger partial charge in [0.05, 0.1) is 17.1 Å². The third-order valence-corrected chi connectivity index (χ3v) is 2.25. The van der Waals surface area contributed by atoms with Crippen molar-refractivity contribution < 1.29 is 13.5 Å². The molecule has 0 radical (unpaired) electrons. The number of halogens is 3. The van der Waals surface area contributed by atoms with E-state index in [0.717, 1.165) is 6.07 Å². The first-order valence-electron chi connectivity index (χ1n) is 3.52. The molecule has 0 atom stereocenters. The summed E-state index contributed by atoms with van der Waals surface area (Å²) in [4.78, 5) is 3.53. The molecular formula is C8H5BrF2N2O. The van der Waals surface area contributed by atoms with Crippen molar-refractivity contribution in [2.24, 2.45) is 0 Å². The zero-order chi connectivity index (χ0) is 10.7. The maximum absolute atomic E-state index is 12.3. The molecule has 0 bridgehead atoms. The van der Waals surface area contributed by atoms with Crippen molar-refractivity contribution in [3.8, 4) is 11.9 Å². The predicted molar refractivity (Wildman–Crippen MR) is 48.2 cm³/mol. The van der Waals surface area contributed by atoms with E-state index in [1.165, 1.54) is 7.11 Å². The minimum Gasteiger partial charge on any atom is -0.480 e. The fourth-order valence-corrected chi connectivity index (χ4v) is 1.31. The predicted octanol–water partition coefficient (Wildman–Crippen LogP) is 2.66. The molecule has 3 nitrogen and oxygen atoms in total. The average Bonchev–Trinajstić information content (AvgIpc) is 2.17. The number of nitriles is 1. The van der Waals surface area contributed by atoms with Crippen molar-refractivity contribution in [1.82, 2.24) is 4.98 Å². The highest BCUT2D eigenvalue weighted by Crippen LogP contribution is 2.29. The summed E-state index contributed by atoms with van der Waals surface area (Å²) in [6.07, 6.45) is -2.72. The highest BCUT2D eigenvalue weighted by atomic mass is 79.9. The summed E-state index contributed by atoms with van der Waals surface area (Å²) in [5.74, 6) is -0.0145. The highest BCUT2D eigenvalue weighted by Gasteiger charge is 2.16. The summed E-state index contributed by atoms with van der Waals surface area (Å²) in [5, 5.41) is 8.64. The maximum Gasteiger partial charge on any atom is 0.280 e. The minimum absolute atomic E-state index is 0.0145. The first-order chi connectivity index (χ1) is 6.60. The Bertz CT molecular complexity index is 390. The van der Waals surface area contributed by atoms with Crippen LogP contribution in [0.25, 0.3) is 0 Å². The molecule has 0 saturated carbocycles. The molecule has 0 saturated heterocycles. The lowest BCUT2D eigenvalue weighted by atomic mass is 10.2. The number of hydrogen-bond donors (Lipinski definition) is 0. The number of hydrogen-bond acceptors (Lipinski definition) is 3. The quantitative estimate of drug-likeness (QED) is 0.823. The summed E-state index contributed by atoms with van der Waals surface area (Å²) >= 11 is 3.03. The van der Waals surface area contributed by atoms with Gasteiger partial charge >= 0.3 is 0 Å². The van der Waals surface area contributed by atoms with E-state index in [2.05, 4.69) is 20.9 Å². The fourth-order valence-electron chi connectivity index (χ4n) is 0.853. The lowest BCUT2D eigenvalue weighted by molar-refractivity contribution is 0.145. The van der Waals surface area contributed by atoms with Crippen molar-refractivity contribution >= 4 is 15.9 Å². The van der Waals surface area contributed by atoms with Gasteiger partial charge in [-0.1, -0.05) is 0 Å². The van der Waals surface area contributed by atoms with Crippen LogP contribution in [-0.2, 0) is 0 Å². The zero-order valence-corrected chi connectivity index (χ0v) is 8.68. The lowest BCUT2D eigenvalue weighted by Gasteiger charge is -2.06. The monoisotopic (exact) mass is 262 g/mol. The molecular weight excluding hydrogens is 258 g/mol. The molecule has 74 valence electrons. The van der Waals surface area contributed by atoms with E-state index in [1.807, 2.05) is 0 Å². The van der Waals surface area contributed by atoms with Gasteiger partial charge in [-0.25, -0.2) is 13.8 Å². The average molecular weight is 263 g/mol. The van der Waals surface area contributed by atoms with Gasteiger partial charge in [0.25, 0.3) is 6.43 Å². The molecule has 1 aromatic rings. The number of nitrogens with zero attached hydrogens (tertiary/aromatic N) is 2. The maximum atomic E-state index is 12.3. The molecule has 0 fully saturated rings. The normalized spacial score (nSPS) is 10.0. The van der Waals surface area contributed by atoms with Crippen molar-refractivity contribution in [2.75, 3.05) is 7.11 Å². The summed E-state index contributed by atoms with van der Waals surface area (Å²) in [6.45, 7) is 0. The molecule has 1 aromatic heterocycles. The molecule has 0 amide bonds. The molecule has 6 heteroatoms. The van der Waals surface area contributed by atoms with Crippen LogP contribution in [-0.4, -0.2) is 12.1 Å². The van der Waals surface area contributed by atoms with Crippen LogP contribution in [0.1, 0.15) is 17.7 Å². The Hall–Kier alpha value is -1.22. The summed E-state index contributed by atoms with van der Waals surface area (Å²) in [7, 11) is 1.30. The largest absolute Gasteiger partial charge is 0.480 e. The van der Waals surface area contributed by atoms with E-state index in [-0.39, 0.29) is 15.9 Å². The van der Waals surface area contributed by atoms with Crippen molar-refractivity contribution in [3.05, 3.63) is 21.8 Å². The fraction of sp³-hybridized carbons (Fsp3) is 0.250. The molecule has 0 aromatic carbocycles. The smallest absolute Gasteiger partial charge is 0.280 e. The van der Waals surface area contributed by atoms with Crippen LogP contribution in [0.4, 0.5) is 8.78 Å². The second-order valence-corrected chi connectivity index (χ2v) is 3.12. The second-order valence-electron chi connectivity index (χ2n) is 2.33. The Balaban J connectivity index is 3.34. The van der Waals surface area contributed by atoms with Crippen LogP contribution in [0.15, 0.2) is 10.5 Å². The molecule has 0 unspecified atom stereocenters. The molecule has 0 spiro atoms. The SMILES string of the molecule is COc1nc(C(F)F)cc(C#N)c1Br. The first-order valence-corrected chi connectivity index (χ1v) is 4.32. The number of alkyl halides is 2. The van der Waals surface area contributed by atoms with Gasteiger partial charge in [-0.2, -0.15) is 5.26 Å². The number of aromatic nitrogens is 1. The van der Waals surface area contributed by atoms with Crippen LogP contribution in [0.3, 0.4) is 0 Å². The Kier molecular flexibility index (Phi) is 3.36. The summed E-state index contributed by atoms with van der Waals surface area (Å²) < 4.78 is 29.6. The first kappa shape index (κ1) is 10.9. The summed E-state index contributed by atoms with van der Waals surface area (Å²) in [5.41, 5.74) is -0.395. The van der Waals surface area contributed by atoms with Gasteiger partial charge in [-0.05, 0) is 22.0 Å². The van der Waals surface area contributed by atoms with Crippen LogP contribution < -0.4 is 4.74 Å². The zero-order valence-electron chi connectivity index (χ0n) is 7.09. The topological polar surface area (TPSA) is 45.9 Å². The van der Waals surface area contributed by atoms with E-state index in [1.54, 1.807) is 6.07 Å². The van der Waals surface area contributed by atoms with Gasteiger partial charge in [0.1, 0.15) is 11.8 Å². The second kappa shape index (κ2) is 4.33. The standard InChI is InChI=1S/C8H5BrF2N2O/c1-14-8-6(9)4(3-12)2-5(13-8)7(10)11/h2,7H,1H3. The lowest BCUT2D eigenvalue weighted by Crippen LogP contribution is -1.97. The summed E-state index contributed by atoms with van der Waals surface area (Å²) in [6, 6.07) is 2.79. The Morgan fingerprint density at radius 2 is 2.29 bits per heavy atom. The van der Waals surface area contributed by atoms with Crippen molar-refractivity contribution in [2.45, 2.75) is 6.43 Å². The van der Waals surface area contributed by atoms with E-state index < -0.39 is 12.1 Å². The van der Waals surface area contributed by atoms with Crippen LogP contribution in [0, 0.1) is 11.3 Å². The van der Waals surface area contributed by atoms with E-state index in [9.17, 15) is 8.78 Å². The van der Waals surface area contributed by atoms with Crippen LogP contribution in [0.5, 0.6) is 5.88 Å². The minimum atomic E-state index is -2.72. The molecule has 0 N–H and O–H groups in total. The number of rotatable bonds is 2. The van der Waals surface area contributed by atoms with Gasteiger partial charge < -0.3 is 4.74 Å². The van der Waals surface area contributed by atoms with Gasteiger partial charge in [-0.15, -0.1) is 0 Å². The Morgan fingerprint density at radius 1 is 1.64 bits per heavy atom. The molecule has 0 aliphatic rings. The number of ether oxygens (including phenoxy) is 1. The third kappa shape index (κ3) is 1.99. The molecule has 0 aliphatic heterocycles.